The van der Waals surface area contributed by atoms with Gasteiger partial charge in [-0.2, -0.15) is 0 Å². The fourth-order valence-electron chi connectivity index (χ4n) is 3.36. The molecule has 0 radical (unpaired) electrons. The van der Waals surface area contributed by atoms with E-state index < -0.39 is 0 Å². The molecule has 1 aromatic heterocycles. The smallest absolute Gasteiger partial charge is 0.291 e. The molecule has 1 amide bonds. The lowest BCUT2D eigenvalue weighted by molar-refractivity contribution is 0.0992. The number of nitrogens with one attached hydrogen (secondary N) is 1. The predicted octanol–water partition coefficient (Wildman–Crippen LogP) is 4.51. The third-order valence-corrected chi connectivity index (χ3v) is 5.08. The Labute approximate surface area is 169 Å². The molecule has 1 aliphatic rings. The molecule has 1 aliphatic heterocycles. The van der Waals surface area contributed by atoms with Gasteiger partial charge in [-0.3, -0.25) is 9.69 Å². The lowest BCUT2D eigenvalue weighted by Crippen LogP contribution is -2.45. The number of amides is 1. The van der Waals surface area contributed by atoms with Gasteiger partial charge in [-0.15, -0.1) is 0 Å². The number of rotatable bonds is 5. The summed E-state index contributed by atoms with van der Waals surface area (Å²) in [5, 5.41) is 3.60. The fraction of sp³-hybridized carbons (Fsp3) is 0.227. The quantitative estimate of drug-likeness (QED) is 0.690. The maximum atomic E-state index is 12.3. The summed E-state index contributed by atoms with van der Waals surface area (Å²) < 4.78 is 5.76. The van der Waals surface area contributed by atoms with Crippen LogP contribution in [0.15, 0.2) is 71.1 Å². The first-order chi connectivity index (χ1) is 13.7. The van der Waals surface area contributed by atoms with Gasteiger partial charge in [0.05, 0.1) is 6.54 Å². The van der Waals surface area contributed by atoms with Crippen molar-refractivity contribution >= 4 is 28.9 Å². The van der Waals surface area contributed by atoms with Gasteiger partial charge in [0.2, 0.25) is 0 Å². The second-order valence-corrected chi connectivity index (χ2v) is 7.27. The van der Waals surface area contributed by atoms with Gasteiger partial charge in [-0.05, 0) is 42.5 Å². The summed E-state index contributed by atoms with van der Waals surface area (Å²) in [7, 11) is 0. The Morgan fingerprint density at radius 2 is 1.75 bits per heavy atom. The first-order valence-corrected chi connectivity index (χ1v) is 9.73. The summed E-state index contributed by atoms with van der Waals surface area (Å²) in [6.07, 6.45) is 0. The van der Waals surface area contributed by atoms with Gasteiger partial charge in [0.25, 0.3) is 5.91 Å². The molecule has 2 heterocycles. The Kier molecular flexibility index (Phi) is 5.65. The summed E-state index contributed by atoms with van der Waals surface area (Å²) in [6, 6.07) is 20.9. The zero-order valence-electron chi connectivity index (χ0n) is 15.5. The Hall–Kier alpha value is -2.76. The Morgan fingerprint density at radius 3 is 2.50 bits per heavy atom. The highest BCUT2D eigenvalue weighted by Crippen LogP contribution is 2.21. The number of furan rings is 1. The van der Waals surface area contributed by atoms with Crippen LogP contribution < -0.4 is 10.2 Å². The molecule has 1 saturated heterocycles. The molecule has 1 fully saturated rings. The number of benzene rings is 2. The van der Waals surface area contributed by atoms with Gasteiger partial charge in [0.15, 0.2) is 5.76 Å². The van der Waals surface area contributed by atoms with Crippen LogP contribution in [0, 0.1) is 0 Å². The molecule has 144 valence electrons. The summed E-state index contributed by atoms with van der Waals surface area (Å²) in [5.74, 6) is 0.897. The Morgan fingerprint density at radius 1 is 0.964 bits per heavy atom. The number of carbonyl (C=O) groups excluding carboxylic acids is 1. The number of anilines is 2. The lowest BCUT2D eigenvalue weighted by atomic mass is 10.2. The van der Waals surface area contributed by atoms with Gasteiger partial charge < -0.3 is 14.6 Å². The maximum Gasteiger partial charge on any atom is 0.291 e. The molecule has 0 spiro atoms. The van der Waals surface area contributed by atoms with E-state index >= 15 is 0 Å². The summed E-state index contributed by atoms with van der Waals surface area (Å²) in [5.41, 5.74) is 1.91. The van der Waals surface area contributed by atoms with Crippen LogP contribution in [0.1, 0.15) is 16.3 Å². The third kappa shape index (κ3) is 4.55. The average molecular weight is 396 g/mol. The molecule has 3 aromatic rings. The number of hydrogen-bond donors (Lipinski definition) is 1. The predicted molar refractivity (Wildman–Crippen MR) is 112 cm³/mol. The minimum absolute atomic E-state index is 0.233. The second-order valence-electron chi connectivity index (χ2n) is 6.83. The molecule has 4 rings (SSSR count). The standard InChI is InChI=1S/C22H22ClN3O2/c23-17-5-4-8-19(15-17)26-13-11-25(12-14-26)16-20-9-10-21(28-20)22(27)24-18-6-2-1-3-7-18/h1-10,15H,11-14,16H2,(H,24,27). The number of piperazine rings is 1. The first kappa shape index (κ1) is 18.6. The Bertz CT molecular complexity index is 934. The third-order valence-electron chi connectivity index (χ3n) is 4.84. The zero-order chi connectivity index (χ0) is 19.3. The number of para-hydroxylation sites is 1. The highest BCUT2D eigenvalue weighted by atomic mass is 35.5. The molecule has 1 N–H and O–H groups in total. The molecule has 0 bridgehead atoms. The zero-order valence-corrected chi connectivity index (χ0v) is 16.2. The highest BCUT2D eigenvalue weighted by molar-refractivity contribution is 6.30. The van der Waals surface area contributed by atoms with Crippen LogP contribution in [0.3, 0.4) is 0 Å². The van der Waals surface area contributed by atoms with Crippen molar-refractivity contribution in [2.45, 2.75) is 6.54 Å². The van der Waals surface area contributed by atoms with Crippen LogP contribution in [-0.4, -0.2) is 37.0 Å². The normalized spacial score (nSPS) is 14.8. The summed E-state index contributed by atoms with van der Waals surface area (Å²) in [4.78, 5) is 17.0. The van der Waals surface area contributed by atoms with Crippen molar-refractivity contribution in [1.82, 2.24) is 4.90 Å². The van der Waals surface area contributed by atoms with E-state index in [0.717, 1.165) is 48.3 Å². The molecule has 5 nitrogen and oxygen atoms in total. The van der Waals surface area contributed by atoms with Gasteiger partial charge in [-0.25, -0.2) is 0 Å². The van der Waals surface area contributed by atoms with E-state index in [0.29, 0.717) is 12.3 Å². The average Bonchev–Trinajstić information content (AvgIpc) is 3.18. The fourth-order valence-corrected chi connectivity index (χ4v) is 3.54. The SMILES string of the molecule is O=C(Nc1ccccc1)c1ccc(CN2CCN(c3cccc(Cl)c3)CC2)o1. The van der Waals surface area contributed by atoms with Crippen molar-refractivity contribution in [3.8, 4) is 0 Å². The molecular formula is C22H22ClN3O2. The molecule has 0 aliphatic carbocycles. The van der Waals surface area contributed by atoms with Crippen molar-refractivity contribution in [2.75, 3.05) is 36.4 Å². The van der Waals surface area contributed by atoms with Crippen LogP contribution in [-0.2, 0) is 6.54 Å². The lowest BCUT2D eigenvalue weighted by Gasteiger charge is -2.35. The van der Waals surface area contributed by atoms with Crippen molar-refractivity contribution in [1.29, 1.82) is 0 Å². The minimum Gasteiger partial charge on any atom is -0.455 e. The molecule has 0 atom stereocenters. The molecule has 28 heavy (non-hydrogen) atoms. The van der Waals surface area contributed by atoms with E-state index in [-0.39, 0.29) is 5.91 Å². The van der Waals surface area contributed by atoms with E-state index in [2.05, 4.69) is 21.2 Å². The first-order valence-electron chi connectivity index (χ1n) is 9.35. The van der Waals surface area contributed by atoms with Gasteiger partial charge in [-0.1, -0.05) is 35.9 Å². The van der Waals surface area contributed by atoms with Gasteiger partial charge >= 0.3 is 0 Å². The van der Waals surface area contributed by atoms with Crippen LogP contribution in [0.5, 0.6) is 0 Å². The topological polar surface area (TPSA) is 48.7 Å². The molecule has 0 unspecified atom stereocenters. The van der Waals surface area contributed by atoms with Crippen LogP contribution in [0.2, 0.25) is 5.02 Å². The van der Waals surface area contributed by atoms with Crippen molar-refractivity contribution in [3.05, 3.63) is 83.3 Å². The summed E-state index contributed by atoms with van der Waals surface area (Å²) in [6.45, 7) is 4.42. The van der Waals surface area contributed by atoms with E-state index in [4.69, 9.17) is 16.0 Å². The monoisotopic (exact) mass is 395 g/mol. The van der Waals surface area contributed by atoms with Crippen LogP contribution in [0.25, 0.3) is 0 Å². The van der Waals surface area contributed by atoms with Crippen LogP contribution >= 0.6 is 11.6 Å². The van der Waals surface area contributed by atoms with E-state index in [1.807, 2.05) is 54.6 Å². The van der Waals surface area contributed by atoms with E-state index in [9.17, 15) is 4.79 Å². The van der Waals surface area contributed by atoms with Crippen LogP contribution in [0.4, 0.5) is 11.4 Å². The number of carbonyl (C=O) groups is 1. The van der Waals surface area contributed by atoms with Gasteiger partial charge in [0, 0.05) is 42.6 Å². The maximum absolute atomic E-state index is 12.3. The highest BCUT2D eigenvalue weighted by Gasteiger charge is 2.19. The molecule has 2 aromatic carbocycles. The van der Waals surface area contributed by atoms with Crippen molar-refractivity contribution < 1.29 is 9.21 Å². The minimum atomic E-state index is -0.233. The molecule has 0 saturated carbocycles. The number of halogens is 1. The second kappa shape index (κ2) is 8.50. The molecular weight excluding hydrogens is 374 g/mol. The van der Waals surface area contributed by atoms with Crippen molar-refractivity contribution in [3.63, 3.8) is 0 Å². The largest absolute Gasteiger partial charge is 0.455 e. The van der Waals surface area contributed by atoms with Crippen molar-refractivity contribution in [2.24, 2.45) is 0 Å². The number of nitrogens with zero attached hydrogens (tertiary/aromatic N) is 2. The van der Waals surface area contributed by atoms with E-state index in [1.165, 1.54) is 0 Å². The molecule has 6 heteroatoms. The van der Waals surface area contributed by atoms with E-state index in [1.54, 1.807) is 6.07 Å². The number of hydrogen-bond acceptors (Lipinski definition) is 4. The summed E-state index contributed by atoms with van der Waals surface area (Å²) >= 11 is 6.10. The van der Waals surface area contributed by atoms with Gasteiger partial charge in [0.1, 0.15) is 5.76 Å². The Balaban J connectivity index is 1.30.